The highest BCUT2D eigenvalue weighted by Crippen LogP contribution is 2.51. The molecule has 0 fully saturated rings. The highest BCUT2D eigenvalue weighted by molar-refractivity contribution is 7.91. The highest BCUT2D eigenvalue weighted by Gasteiger charge is 2.36. The molecule has 5 aliphatic rings. The minimum Gasteiger partial charge on any atom is -0.493 e. The Morgan fingerprint density at radius 1 is 0.804 bits per heavy atom. The topological polar surface area (TPSA) is 86.8 Å². The minimum atomic E-state index is -3.64. The molecular weight excluding hydrogens is 748 g/mol. The second-order valence-electron chi connectivity index (χ2n) is 15.4. The van der Waals surface area contributed by atoms with Crippen LogP contribution in [0.5, 0.6) is 40.2 Å². The van der Waals surface area contributed by atoms with Crippen LogP contribution in [-0.4, -0.2) is 72.0 Å². The van der Waals surface area contributed by atoms with Crippen molar-refractivity contribution in [3.8, 4) is 40.2 Å². The van der Waals surface area contributed by atoms with Gasteiger partial charge in [-0.1, -0.05) is 42.0 Å². The van der Waals surface area contributed by atoms with E-state index < -0.39 is 15.1 Å². The third kappa shape index (κ3) is 7.28. The Morgan fingerprint density at radius 2 is 1.54 bits per heavy atom. The van der Waals surface area contributed by atoms with Gasteiger partial charge in [-0.15, -0.1) is 0 Å². The Balaban J connectivity index is 1.34. The second-order valence-corrected chi connectivity index (χ2v) is 18.0. The molecular formula is C45H49ClN2O7S. The quantitative estimate of drug-likeness (QED) is 0.190. The van der Waals surface area contributed by atoms with E-state index in [1.165, 1.54) is 16.7 Å². The van der Waals surface area contributed by atoms with Gasteiger partial charge in [-0.3, -0.25) is 9.80 Å². The maximum absolute atomic E-state index is 14.1. The van der Waals surface area contributed by atoms with Crippen LogP contribution in [0.15, 0.2) is 77.9 Å². The second kappa shape index (κ2) is 15.5. The maximum Gasteiger partial charge on any atom is 0.204 e. The number of benzene rings is 4. The third-order valence-electron chi connectivity index (χ3n) is 11.9. The summed E-state index contributed by atoms with van der Waals surface area (Å²) in [5.41, 5.74) is 8.37. The van der Waals surface area contributed by atoms with Crippen molar-refractivity contribution in [3.63, 3.8) is 0 Å². The molecule has 3 atom stereocenters. The molecule has 0 spiro atoms. The van der Waals surface area contributed by atoms with Crippen LogP contribution >= 0.6 is 11.6 Å². The zero-order valence-corrected chi connectivity index (χ0v) is 34.4. The fraction of sp³-hybridized carbons (Fsp3) is 0.378. The van der Waals surface area contributed by atoms with E-state index >= 15 is 0 Å². The van der Waals surface area contributed by atoms with E-state index in [1.807, 2.05) is 24.3 Å². The van der Waals surface area contributed by atoms with Gasteiger partial charge in [0.05, 0.1) is 32.3 Å². The SMILES string of the molecule is COc1cc(CS(=O)(=O)C2C=CC(Cl)=CC2)c2cc1Oc1ccc(cc1)C[C@H]1c3cc(c(C)cc3CCN1C)Oc1c(OC)c(OC)cc3c1[C@H](C2)N(C)CC3. The lowest BCUT2D eigenvalue weighted by atomic mass is 9.86. The normalized spacial score (nSPS) is 20.8. The van der Waals surface area contributed by atoms with Gasteiger partial charge in [0, 0.05) is 35.8 Å². The molecule has 294 valence electrons. The van der Waals surface area contributed by atoms with E-state index in [0.29, 0.717) is 57.9 Å². The van der Waals surface area contributed by atoms with Crippen LogP contribution in [0.4, 0.5) is 0 Å². The average molecular weight is 797 g/mol. The van der Waals surface area contributed by atoms with Crippen LogP contribution in [0.1, 0.15) is 63.0 Å². The lowest BCUT2D eigenvalue weighted by Crippen LogP contribution is -2.34. The van der Waals surface area contributed by atoms with Gasteiger partial charge in [-0.2, -0.15) is 0 Å². The first kappa shape index (κ1) is 38.4. The maximum atomic E-state index is 14.1. The molecule has 4 aromatic rings. The van der Waals surface area contributed by atoms with Gasteiger partial charge in [0.1, 0.15) is 11.5 Å². The lowest BCUT2D eigenvalue weighted by molar-refractivity contribution is 0.220. The summed E-state index contributed by atoms with van der Waals surface area (Å²) in [5.74, 6) is 3.94. The molecule has 0 saturated heterocycles. The van der Waals surface area contributed by atoms with Gasteiger partial charge in [0.2, 0.25) is 5.75 Å². The summed E-state index contributed by atoms with van der Waals surface area (Å²) in [4.78, 5) is 4.73. The first-order valence-electron chi connectivity index (χ1n) is 19.2. The van der Waals surface area contributed by atoms with Crippen molar-refractivity contribution in [3.05, 3.63) is 122 Å². The summed E-state index contributed by atoms with van der Waals surface area (Å²) in [7, 11) is 5.53. The van der Waals surface area contributed by atoms with Gasteiger partial charge in [0.15, 0.2) is 32.8 Å². The summed E-state index contributed by atoms with van der Waals surface area (Å²) >= 11 is 6.18. The van der Waals surface area contributed by atoms with Crippen molar-refractivity contribution in [2.75, 3.05) is 48.5 Å². The Bertz CT molecular complexity index is 2340. The first-order valence-corrected chi connectivity index (χ1v) is 21.3. The molecule has 0 saturated carbocycles. The summed E-state index contributed by atoms with van der Waals surface area (Å²) in [5, 5.41) is -0.146. The van der Waals surface area contributed by atoms with Crippen LogP contribution in [0, 0.1) is 6.92 Å². The molecule has 9 nitrogen and oxygen atoms in total. The number of likely N-dealkylation sites (N-methyl/N-ethyl adjacent to an activating group) is 2. The van der Waals surface area contributed by atoms with E-state index in [9.17, 15) is 8.42 Å². The zero-order valence-electron chi connectivity index (χ0n) is 32.9. The standard InChI is InChI=1S/C45H49ClN2O7S/c1-27-19-29-15-17-47(2)37-20-28-7-11-34(12-8-28)54-41-23-31(32(24-40(41)51-4)26-56(49,50)35-13-9-33(46)10-14-35)21-38-43-30(16-18-48(38)3)22-42(52-5)44(53-6)45(43)55-39(27)25-36(29)37/h7-13,19,22-25,35,37-38H,14-18,20-21,26H2,1-6H3/t35?,37-,38-/m0/s1. The summed E-state index contributed by atoms with van der Waals surface area (Å²) in [6.07, 6.45) is 8.42. The lowest BCUT2D eigenvalue weighted by Gasteiger charge is -2.38. The van der Waals surface area contributed by atoms with Crippen molar-refractivity contribution < 1.29 is 32.1 Å². The minimum absolute atomic E-state index is 0.149. The van der Waals surface area contributed by atoms with Gasteiger partial charge in [-0.05, 0) is 135 Å². The van der Waals surface area contributed by atoms with E-state index in [2.05, 4.69) is 61.2 Å². The Kier molecular flexibility index (Phi) is 10.6. The highest BCUT2D eigenvalue weighted by atomic mass is 35.5. The van der Waals surface area contributed by atoms with Crippen LogP contribution < -0.4 is 23.7 Å². The number of fused-ring (bicyclic) bond motifs is 2. The number of nitrogens with zero attached hydrogens (tertiary/aromatic N) is 2. The summed E-state index contributed by atoms with van der Waals surface area (Å²) in [6.45, 7) is 3.84. The average Bonchev–Trinajstić information content (AvgIpc) is 3.18. The summed E-state index contributed by atoms with van der Waals surface area (Å²) in [6, 6.07) is 18.5. The molecule has 4 aliphatic heterocycles. The molecule has 1 unspecified atom stereocenters. The molecule has 9 rings (SSSR count). The smallest absolute Gasteiger partial charge is 0.204 e. The number of hydrogen-bond acceptors (Lipinski definition) is 9. The molecule has 6 bridgehead atoms. The van der Waals surface area contributed by atoms with Crippen molar-refractivity contribution in [2.45, 2.75) is 62.1 Å². The van der Waals surface area contributed by atoms with Gasteiger partial charge >= 0.3 is 0 Å². The van der Waals surface area contributed by atoms with Crippen molar-refractivity contribution in [1.29, 1.82) is 0 Å². The first-order chi connectivity index (χ1) is 27.0. The molecule has 4 aromatic carbocycles. The Labute approximate surface area is 335 Å². The van der Waals surface area contributed by atoms with E-state index in [-0.39, 0.29) is 17.8 Å². The third-order valence-corrected chi connectivity index (χ3v) is 14.2. The number of sulfone groups is 1. The molecule has 0 radical (unpaired) electrons. The fourth-order valence-electron chi connectivity index (χ4n) is 8.72. The number of allylic oxidation sites excluding steroid dienone is 3. The number of rotatable bonds is 6. The van der Waals surface area contributed by atoms with Crippen molar-refractivity contribution in [2.24, 2.45) is 0 Å². The van der Waals surface area contributed by atoms with E-state index in [4.69, 9.17) is 35.3 Å². The monoisotopic (exact) mass is 796 g/mol. The van der Waals surface area contributed by atoms with Crippen LogP contribution in [0.3, 0.4) is 0 Å². The zero-order chi connectivity index (χ0) is 39.3. The molecule has 4 heterocycles. The number of methoxy groups -OCH3 is 3. The van der Waals surface area contributed by atoms with Crippen molar-refractivity contribution >= 4 is 21.4 Å². The number of aryl methyl sites for hydroxylation is 1. The van der Waals surface area contributed by atoms with Gasteiger partial charge < -0.3 is 23.7 Å². The Morgan fingerprint density at radius 3 is 2.23 bits per heavy atom. The fourth-order valence-corrected chi connectivity index (χ4v) is 10.5. The van der Waals surface area contributed by atoms with Crippen LogP contribution in [0.25, 0.3) is 0 Å². The van der Waals surface area contributed by atoms with Gasteiger partial charge in [-0.25, -0.2) is 8.42 Å². The van der Waals surface area contributed by atoms with Crippen LogP contribution in [-0.2, 0) is 41.3 Å². The van der Waals surface area contributed by atoms with E-state index in [1.54, 1.807) is 39.6 Å². The number of ether oxygens (including phenoxy) is 5. The summed E-state index contributed by atoms with van der Waals surface area (Å²) < 4.78 is 59.8. The molecule has 0 aromatic heterocycles. The number of halogens is 1. The predicted octanol–water partition coefficient (Wildman–Crippen LogP) is 8.83. The van der Waals surface area contributed by atoms with Crippen LogP contribution in [0.2, 0.25) is 0 Å². The van der Waals surface area contributed by atoms with Gasteiger partial charge in [0.25, 0.3) is 0 Å². The molecule has 56 heavy (non-hydrogen) atoms. The molecule has 0 N–H and O–H groups in total. The predicted molar refractivity (Wildman–Crippen MR) is 220 cm³/mol. The van der Waals surface area contributed by atoms with E-state index in [0.717, 1.165) is 60.4 Å². The largest absolute Gasteiger partial charge is 0.493 e. The van der Waals surface area contributed by atoms with Crippen molar-refractivity contribution in [1.82, 2.24) is 9.80 Å². The molecule has 0 amide bonds. The number of hydrogen-bond donors (Lipinski definition) is 0. The Hall–Kier alpha value is -4.48. The molecule has 11 heteroatoms. The molecule has 1 aliphatic carbocycles.